The Morgan fingerprint density at radius 3 is 2.88 bits per heavy atom. The Balaban J connectivity index is 1.53. The lowest BCUT2D eigenvalue weighted by molar-refractivity contribution is 0.0924. The molecule has 2 aromatic heterocycles. The zero-order chi connectivity index (χ0) is 16.9. The summed E-state index contributed by atoms with van der Waals surface area (Å²) in [6.45, 7) is 0.587. The Morgan fingerprint density at radius 1 is 1.42 bits per heavy atom. The van der Waals surface area contributed by atoms with Gasteiger partial charge in [-0.25, -0.2) is 0 Å². The molecule has 0 aromatic carbocycles. The fourth-order valence-electron chi connectivity index (χ4n) is 3.12. The van der Waals surface area contributed by atoms with Crippen molar-refractivity contribution in [2.45, 2.75) is 49.7 Å². The van der Waals surface area contributed by atoms with Crippen molar-refractivity contribution in [2.75, 3.05) is 12.8 Å². The number of carbonyl (C=O) groups is 1. The van der Waals surface area contributed by atoms with Crippen molar-refractivity contribution in [3.63, 3.8) is 0 Å². The fourth-order valence-corrected chi connectivity index (χ4v) is 4.00. The van der Waals surface area contributed by atoms with Gasteiger partial charge in [-0.05, 0) is 53.6 Å². The molecule has 2 aromatic rings. The Bertz CT molecular complexity index is 694. The number of thioether (sulfide) groups is 1. The summed E-state index contributed by atoms with van der Waals surface area (Å²) in [6, 6.07) is 3.90. The zero-order valence-electron chi connectivity index (χ0n) is 13.6. The summed E-state index contributed by atoms with van der Waals surface area (Å²) in [5.41, 5.74) is 0. The number of aromatic nitrogens is 3. The average Bonchev–Trinajstić information content (AvgIpc) is 3.30. The first-order chi connectivity index (χ1) is 11.7. The number of nitrogens with one attached hydrogen (secondary N) is 1. The van der Waals surface area contributed by atoms with Gasteiger partial charge in [0.15, 0.2) is 15.6 Å². The van der Waals surface area contributed by atoms with Crippen LogP contribution in [-0.4, -0.2) is 33.5 Å². The number of aryl methyl sites for hydroxylation is 1. The van der Waals surface area contributed by atoms with Crippen LogP contribution in [0.1, 0.15) is 54.5 Å². The summed E-state index contributed by atoms with van der Waals surface area (Å²) in [5.74, 6) is 1.16. The lowest BCUT2D eigenvalue weighted by Gasteiger charge is -2.16. The molecule has 1 aliphatic rings. The van der Waals surface area contributed by atoms with E-state index in [-0.39, 0.29) is 5.91 Å². The van der Waals surface area contributed by atoms with Crippen molar-refractivity contribution < 1.29 is 9.21 Å². The molecule has 1 N–H and O–H groups in total. The maximum Gasteiger partial charge on any atom is 0.287 e. The van der Waals surface area contributed by atoms with Crippen molar-refractivity contribution in [1.82, 2.24) is 20.1 Å². The SMILES string of the molecule is CSc1nnc(CCCNC(=O)c2ccc(Br)o2)n1C1CCCC1. The van der Waals surface area contributed by atoms with E-state index in [0.29, 0.717) is 23.0 Å². The lowest BCUT2D eigenvalue weighted by Crippen LogP contribution is -2.24. The van der Waals surface area contributed by atoms with Crippen molar-refractivity contribution in [3.8, 4) is 0 Å². The molecule has 130 valence electrons. The number of hydrogen-bond acceptors (Lipinski definition) is 5. The van der Waals surface area contributed by atoms with Crippen LogP contribution in [0.3, 0.4) is 0 Å². The molecule has 0 unspecified atom stereocenters. The van der Waals surface area contributed by atoms with E-state index in [1.807, 2.05) is 6.26 Å². The van der Waals surface area contributed by atoms with Crippen LogP contribution in [-0.2, 0) is 6.42 Å². The maximum atomic E-state index is 11.9. The van der Waals surface area contributed by atoms with E-state index in [0.717, 1.165) is 23.8 Å². The van der Waals surface area contributed by atoms with E-state index in [2.05, 4.69) is 36.0 Å². The van der Waals surface area contributed by atoms with Gasteiger partial charge in [0.25, 0.3) is 5.91 Å². The number of amides is 1. The highest BCUT2D eigenvalue weighted by atomic mass is 79.9. The van der Waals surface area contributed by atoms with Gasteiger partial charge in [0.1, 0.15) is 5.82 Å². The van der Waals surface area contributed by atoms with E-state index in [1.54, 1.807) is 23.9 Å². The van der Waals surface area contributed by atoms with Gasteiger partial charge in [-0.3, -0.25) is 4.79 Å². The molecule has 0 bridgehead atoms. The molecule has 1 saturated carbocycles. The first kappa shape index (κ1) is 17.5. The van der Waals surface area contributed by atoms with E-state index in [1.165, 1.54) is 25.7 Å². The number of rotatable bonds is 7. The molecule has 1 amide bonds. The molecule has 1 aliphatic carbocycles. The van der Waals surface area contributed by atoms with E-state index in [9.17, 15) is 4.79 Å². The van der Waals surface area contributed by atoms with Crippen molar-refractivity contribution in [1.29, 1.82) is 0 Å². The first-order valence-corrected chi connectivity index (χ1v) is 10.2. The van der Waals surface area contributed by atoms with Crippen LogP contribution in [0.15, 0.2) is 26.4 Å². The normalized spacial score (nSPS) is 15.1. The molecule has 3 rings (SSSR count). The molecule has 1 fully saturated rings. The Labute approximate surface area is 153 Å². The third kappa shape index (κ3) is 4.03. The van der Waals surface area contributed by atoms with Gasteiger partial charge in [0, 0.05) is 19.0 Å². The van der Waals surface area contributed by atoms with Crippen LogP contribution in [0.5, 0.6) is 0 Å². The molecule has 2 heterocycles. The van der Waals surface area contributed by atoms with Crippen molar-refractivity contribution in [2.24, 2.45) is 0 Å². The first-order valence-electron chi connectivity index (χ1n) is 8.20. The van der Waals surface area contributed by atoms with Crippen LogP contribution in [0, 0.1) is 0 Å². The average molecular weight is 413 g/mol. The van der Waals surface area contributed by atoms with Crippen LogP contribution >= 0.6 is 27.7 Å². The van der Waals surface area contributed by atoms with Gasteiger partial charge in [0.2, 0.25) is 0 Å². The second-order valence-corrected chi connectivity index (χ2v) is 7.43. The van der Waals surface area contributed by atoms with Gasteiger partial charge >= 0.3 is 0 Å². The Kier molecular flexibility index (Phi) is 5.99. The minimum absolute atomic E-state index is 0.192. The summed E-state index contributed by atoms with van der Waals surface area (Å²) in [6.07, 6.45) is 8.67. The second kappa shape index (κ2) is 8.20. The minimum Gasteiger partial charge on any atom is -0.444 e. The molecule has 0 atom stereocenters. The molecule has 0 aliphatic heterocycles. The highest BCUT2D eigenvalue weighted by Crippen LogP contribution is 2.33. The van der Waals surface area contributed by atoms with E-state index < -0.39 is 0 Å². The minimum atomic E-state index is -0.192. The predicted octanol–water partition coefficient (Wildman–Crippen LogP) is 3.83. The standard InChI is InChI=1S/C16H21BrN4O2S/c1-24-16-20-19-14(21(16)11-5-2-3-6-11)7-4-10-18-15(22)12-8-9-13(17)23-12/h8-9,11H,2-7,10H2,1H3,(H,18,22). The number of nitrogens with zero attached hydrogens (tertiary/aromatic N) is 3. The Hall–Kier alpha value is -1.28. The molecule has 24 heavy (non-hydrogen) atoms. The van der Waals surface area contributed by atoms with Gasteiger partial charge < -0.3 is 14.3 Å². The fraction of sp³-hybridized carbons (Fsp3) is 0.562. The summed E-state index contributed by atoms with van der Waals surface area (Å²) in [7, 11) is 0. The van der Waals surface area contributed by atoms with Gasteiger partial charge in [-0.1, -0.05) is 24.6 Å². The Morgan fingerprint density at radius 2 is 2.21 bits per heavy atom. The maximum absolute atomic E-state index is 11.9. The largest absolute Gasteiger partial charge is 0.444 e. The van der Waals surface area contributed by atoms with Gasteiger partial charge in [-0.2, -0.15) is 0 Å². The quantitative estimate of drug-likeness (QED) is 0.552. The molecular formula is C16H21BrN4O2S. The summed E-state index contributed by atoms with van der Waals surface area (Å²) < 4.78 is 8.11. The number of furan rings is 1. The monoisotopic (exact) mass is 412 g/mol. The molecule has 6 nitrogen and oxygen atoms in total. The summed E-state index contributed by atoms with van der Waals surface area (Å²) in [4.78, 5) is 11.9. The summed E-state index contributed by atoms with van der Waals surface area (Å²) >= 11 is 4.85. The summed E-state index contributed by atoms with van der Waals surface area (Å²) in [5, 5.41) is 12.6. The smallest absolute Gasteiger partial charge is 0.287 e. The molecule has 0 spiro atoms. The van der Waals surface area contributed by atoms with Crippen LogP contribution in [0.4, 0.5) is 0 Å². The predicted molar refractivity (Wildman–Crippen MR) is 96.4 cm³/mol. The topological polar surface area (TPSA) is 73.0 Å². The third-order valence-corrected chi connectivity index (χ3v) is 5.34. The highest BCUT2D eigenvalue weighted by molar-refractivity contribution is 9.10. The van der Waals surface area contributed by atoms with Crippen LogP contribution in [0.2, 0.25) is 0 Å². The van der Waals surface area contributed by atoms with Crippen LogP contribution < -0.4 is 5.32 Å². The third-order valence-electron chi connectivity index (χ3n) is 4.27. The molecule has 0 radical (unpaired) electrons. The van der Waals surface area contributed by atoms with Crippen molar-refractivity contribution in [3.05, 3.63) is 28.4 Å². The van der Waals surface area contributed by atoms with Crippen molar-refractivity contribution >= 4 is 33.6 Å². The van der Waals surface area contributed by atoms with Gasteiger partial charge in [0.05, 0.1) is 0 Å². The van der Waals surface area contributed by atoms with Gasteiger partial charge in [-0.15, -0.1) is 10.2 Å². The lowest BCUT2D eigenvalue weighted by atomic mass is 10.2. The van der Waals surface area contributed by atoms with Crippen LogP contribution in [0.25, 0.3) is 0 Å². The molecule has 8 heteroatoms. The number of hydrogen-bond donors (Lipinski definition) is 1. The number of halogens is 1. The molecular weight excluding hydrogens is 392 g/mol. The second-order valence-electron chi connectivity index (χ2n) is 5.87. The zero-order valence-corrected chi connectivity index (χ0v) is 16.0. The molecule has 0 saturated heterocycles. The number of carbonyl (C=O) groups excluding carboxylic acids is 1. The highest BCUT2D eigenvalue weighted by Gasteiger charge is 2.23. The van der Waals surface area contributed by atoms with E-state index in [4.69, 9.17) is 4.42 Å². The van der Waals surface area contributed by atoms with E-state index >= 15 is 0 Å².